The molecule has 3 nitrogen and oxygen atoms in total. The highest BCUT2D eigenvalue weighted by molar-refractivity contribution is 8.00. The summed E-state index contributed by atoms with van der Waals surface area (Å²) in [5, 5.41) is 4.31. The molecule has 0 aliphatic heterocycles. The van der Waals surface area contributed by atoms with Crippen molar-refractivity contribution in [3.63, 3.8) is 0 Å². The number of hydrogen-bond acceptors (Lipinski definition) is 3. The molecule has 1 heterocycles. The van der Waals surface area contributed by atoms with Crippen LogP contribution in [-0.4, -0.2) is 10.9 Å². The zero-order valence-electron chi connectivity index (χ0n) is 16.7. The topological polar surface area (TPSA) is 42.0 Å². The van der Waals surface area contributed by atoms with E-state index in [1.54, 1.807) is 12.1 Å². The number of carbonyl (C=O) groups is 1. The zero-order chi connectivity index (χ0) is 21.1. The Labute approximate surface area is 179 Å². The third-order valence-electron chi connectivity index (χ3n) is 4.92. The number of para-hydroxylation sites is 1. The molecule has 0 aliphatic carbocycles. The third-order valence-corrected chi connectivity index (χ3v) is 6.09. The van der Waals surface area contributed by atoms with E-state index in [2.05, 4.69) is 18.3 Å². The number of benzene rings is 3. The minimum absolute atomic E-state index is 0.179. The summed E-state index contributed by atoms with van der Waals surface area (Å²) in [4.78, 5) is 18.0. The fourth-order valence-electron chi connectivity index (χ4n) is 3.35. The highest BCUT2D eigenvalue weighted by Gasteiger charge is 2.23. The first-order valence-electron chi connectivity index (χ1n) is 9.66. The van der Waals surface area contributed by atoms with E-state index in [1.165, 1.54) is 23.9 Å². The molecule has 5 heteroatoms. The number of amides is 1. The molecule has 0 bridgehead atoms. The zero-order valence-corrected chi connectivity index (χ0v) is 17.5. The van der Waals surface area contributed by atoms with E-state index in [0.29, 0.717) is 5.69 Å². The van der Waals surface area contributed by atoms with E-state index in [0.717, 1.165) is 32.6 Å². The Balaban J connectivity index is 1.68. The molecular formula is C25H21FN2OS. The van der Waals surface area contributed by atoms with Crippen molar-refractivity contribution in [2.45, 2.75) is 24.1 Å². The van der Waals surface area contributed by atoms with E-state index in [-0.39, 0.29) is 11.7 Å². The second-order valence-corrected chi connectivity index (χ2v) is 8.28. The monoisotopic (exact) mass is 416 g/mol. The maximum absolute atomic E-state index is 13.2. The van der Waals surface area contributed by atoms with E-state index >= 15 is 0 Å². The average Bonchev–Trinajstić information content (AvgIpc) is 2.75. The van der Waals surface area contributed by atoms with Gasteiger partial charge in [-0.1, -0.05) is 60.3 Å². The van der Waals surface area contributed by atoms with Crippen molar-refractivity contribution < 1.29 is 9.18 Å². The lowest BCUT2D eigenvalue weighted by atomic mass is 10.1. The van der Waals surface area contributed by atoms with Gasteiger partial charge in [0.25, 0.3) is 0 Å². The minimum Gasteiger partial charge on any atom is -0.325 e. The van der Waals surface area contributed by atoms with Crippen molar-refractivity contribution >= 4 is 34.3 Å². The maximum Gasteiger partial charge on any atom is 0.242 e. The molecule has 4 rings (SSSR count). The molecule has 0 fully saturated rings. The Morgan fingerprint density at radius 1 is 0.933 bits per heavy atom. The molecule has 0 unspecified atom stereocenters. The number of carbonyl (C=O) groups excluding carboxylic acids is 1. The van der Waals surface area contributed by atoms with E-state index in [4.69, 9.17) is 4.98 Å². The van der Waals surface area contributed by atoms with Crippen LogP contribution in [0.15, 0.2) is 83.9 Å². The van der Waals surface area contributed by atoms with Gasteiger partial charge < -0.3 is 5.32 Å². The molecule has 0 spiro atoms. The molecule has 3 aromatic carbocycles. The van der Waals surface area contributed by atoms with Crippen molar-refractivity contribution in [1.29, 1.82) is 0 Å². The molecule has 1 amide bonds. The summed E-state index contributed by atoms with van der Waals surface area (Å²) < 4.78 is 13.2. The molecule has 30 heavy (non-hydrogen) atoms. The summed E-state index contributed by atoms with van der Waals surface area (Å²) in [6, 6.07) is 23.5. The fourth-order valence-corrected chi connectivity index (χ4v) is 4.44. The maximum atomic E-state index is 13.2. The van der Waals surface area contributed by atoms with Gasteiger partial charge in [0.1, 0.15) is 11.1 Å². The summed E-state index contributed by atoms with van der Waals surface area (Å²) in [7, 11) is 0. The highest BCUT2D eigenvalue weighted by atomic mass is 32.2. The van der Waals surface area contributed by atoms with Crippen LogP contribution in [0.4, 0.5) is 10.1 Å². The number of halogens is 1. The summed E-state index contributed by atoms with van der Waals surface area (Å²) >= 11 is 1.41. The van der Waals surface area contributed by atoms with Crippen molar-refractivity contribution in [3.05, 3.63) is 101 Å². The van der Waals surface area contributed by atoms with Gasteiger partial charge in [-0.05, 0) is 60.9 Å². The van der Waals surface area contributed by atoms with E-state index < -0.39 is 5.25 Å². The number of aromatic nitrogens is 1. The van der Waals surface area contributed by atoms with Gasteiger partial charge in [-0.3, -0.25) is 4.79 Å². The number of pyridine rings is 1. The standard InChI is InChI=1S/C25H21FN2OS/c1-16-7-6-10-21-17(2)15-22(28-23(16)21)30-24(18-8-4-3-5-9-18)25(29)27-20-13-11-19(26)12-14-20/h3-15,24H,1-2H3,(H,27,29)/t24-/m0/s1. The molecule has 4 aromatic rings. The fraction of sp³-hybridized carbons (Fsp3) is 0.120. The van der Waals surface area contributed by atoms with Crippen LogP contribution in [0.1, 0.15) is 21.9 Å². The van der Waals surface area contributed by atoms with Gasteiger partial charge in [-0.2, -0.15) is 0 Å². The van der Waals surface area contributed by atoms with Gasteiger partial charge in [-0.15, -0.1) is 0 Å². The van der Waals surface area contributed by atoms with Crippen LogP contribution in [0.3, 0.4) is 0 Å². The Hall–Kier alpha value is -3.18. The van der Waals surface area contributed by atoms with Crippen molar-refractivity contribution in [1.82, 2.24) is 4.98 Å². The Morgan fingerprint density at radius 2 is 1.67 bits per heavy atom. The van der Waals surface area contributed by atoms with Crippen LogP contribution >= 0.6 is 11.8 Å². The number of hydrogen-bond donors (Lipinski definition) is 1. The van der Waals surface area contributed by atoms with Gasteiger partial charge in [-0.25, -0.2) is 9.37 Å². The molecule has 0 saturated heterocycles. The van der Waals surface area contributed by atoms with Gasteiger partial charge >= 0.3 is 0 Å². The third kappa shape index (κ3) is 4.36. The number of thioether (sulfide) groups is 1. The van der Waals surface area contributed by atoms with Crippen molar-refractivity contribution in [3.8, 4) is 0 Å². The van der Waals surface area contributed by atoms with Gasteiger partial charge in [0, 0.05) is 11.1 Å². The van der Waals surface area contributed by atoms with Crippen LogP contribution in [0.25, 0.3) is 10.9 Å². The smallest absolute Gasteiger partial charge is 0.242 e. The second-order valence-electron chi connectivity index (χ2n) is 7.15. The first kappa shape index (κ1) is 20.1. The van der Waals surface area contributed by atoms with E-state index in [9.17, 15) is 9.18 Å². The minimum atomic E-state index is -0.496. The number of fused-ring (bicyclic) bond motifs is 1. The molecule has 0 radical (unpaired) electrons. The summed E-state index contributed by atoms with van der Waals surface area (Å²) in [5.41, 5.74) is 4.61. The first-order valence-corrected chi connectivity index (χ1v) is 10.5. The molecule has 1 aromatic heterocycles. The number of nitrogens with zero attached hydrogens (tertiary/aromatic N) is 1. The second kappa shape index (κ2) is 8.67. The Morgan fingerprint density at radius 3 is 2.40 bits per heavy atom. The van der Waals surface area contributed by atoms with E-state index in [1.807, 2.05) is 55.5 Å². The lowest BCUT2D eigenvalue weighted by molar-refractivity contribution is -0.115. The molecule has 0 saturated carbocycles. The number of nitrogens with one attached hydrogen (secondary N) is 1. The molecule has 1 atom stereocenters. The normalized spacial score (nSPS) is 12.0. The summed E-state index contributed by atoms with van der Waals surface area (Å²) in [5.74, 6) is -0.518. The molecule has 1 N–H and O–H groups in total. The highest BCUT2D eigenvalue weighted by Crippen LogP contribution is 2.37. The number of aryl methyl sites for hydroxylation is 2. The lowest BCUT2D eigenvalue weighted by Crippen LogP contribution is -2.19. The SMILES string of the molecule is Cc1cc(S[C@H](C(=O)Nc2ccc(F)cc2)c2ccccc2)nc2c(C)cccc12. The Kier molecular flexibility index (Phi) is 5.81. The van der Waals surface area contributed by atoms with Crippen LogP contribution in [-0.2, 0) is 4.79 Å². The molecule has 0 aliphatic rings. The van der Waals surface area contributed by atoms with Crippen molar-refractivity contribution in [2.75, 3.05) is 5.32 Å². The largest absolute Gasteiger partial charge is 0.325 e. The predicted octanol–water partition coefficient (Wildman–Crippen LogP) is 6.46. The summed E-state index contributed by atoms with van der Waals surface area (Å²) in [6.45, 7) is 4.10. The molecular weight excluding hydrogens is 395 g/mol. The average molecular weight is 417 g/mol. The van der Waals surface area contributed by atoms with Crippen LogP contribution in [0, 0.1) is 19.7 Å². The first-order chi connectivity index (χ1) is 14.5. The predicted molar refractivity (Wildman–Crippen MR) is 121 cm³/mol. The van der Waals surface area contributed by atoms with Crippen molar-refractivity contribution in [2.24, 2.45) is 0 Å². The van der Waals surface area contributed by atoms with Crippen LogP contribution in [0.2, 0.25) is 0 Å². The quantitative estimate of drug-likeness (QED) is 0.380. The van der Waals surface area contributed by atoms with Crippen LogP contribution < -0.4 is 5.32 Å². The summed E-state index contributed by atoms with van der Waals surface area (Å²) in [6.07, 6.45) is 0. The number of anilines is 1. The number of rotatable bonds is 5. The van der Waals surface area contributed by atoms with Gasteiger partial charge in [0.2, 0.25) is 5.91 Å². The Bertz CT molecular complexity index is 1190. The lowest BCUT2D eigenvalue weighted by Gasteiger charge is -2.17. The molecule has 150 valence electrons. The van der Waals surface area contributed by atoms with Crippen LogP contribution in [0.5, 0.6) is 0 Å². The van der Waals surface area contributed by atoms with Gasteiger partial charge in [0.15, 0.2) is 0 Å². The van der Waals surface area contributed by atoms with Gasteiger partial charge in [0.05, 0.1) is 10.5 Å².